The first-order valence-electron chi connectivity index (χ1n) is 8.16. The van der Waals surface area contributed by atoms with E-state index >= 15 is 0 Å². The summed E-state index contributed by atoms with van der Waals surface area (Å²) in [5.41, 5.74) is 0.658. The molecule has 0 bridgehead atoms. The van der Waals surface area contributed by atoms with Gasteiger partial charge in [-0.3, -0.25) is 4.90 Å². The first-order valence-corrected chi connectivity index (χ1v) is 8.16. The van der Waals surface area contributed by atoms with Gasteiger partial charge in [-0.15, -0.1) is 0 Å². The molecular weight excluding hydrogens is 220 g/mol. The second-order valence-corrected chi connectivity index (χ2v) is 5.99. The van der Waals surface area contributed by atoms with Crippen LogP contribution in [0.15, 0.2) is 0 Å². The van der Waals surface area contributed by atoms with Crippen LogP contribution in [-0.4, -0.2) is 37.1 Å². The van der Waals surface area contributed by atoms with E-state index in [1.807, 2.05) is 0 Å². The second kappa shape index (κ2) is 8.16. The van der Waals surface area contributed by atoms with Crippen LogP contribution >= 0.6 is 0 Å². The largest absolute Gasteiger partial charge is 0.315 e. The fraction of sp³-hybridized carbons (Fsp3) is 1.00. The van der Waals surface area contributed by atoms with Crippen LogP contribution in [0.1, 0.15) is 66.2 Å². The Morgan fingerprint density at radius 3 is 2.11 bits per heavy atom. The third kappa shape index (κ3) is 4.24. The van der Waals surface area contributed by atoms with Gasteiger partial charge in [0.2, 0.25) is 0 Å². The molecule has 0 radical (unpaired) electrons. The van der Waals surface area contributed by atoms with Crippen molar-refractivity contribution in [3.05, 3.63) is 0 Å². The molecule has 0 aromatic rings. The third-order valence-corrected chi connectivity index (χ3v) is 5.13. The van der Waals surface area contributed by atoms with Crippen LogP contribution in [0.2, 0.25) is 0 Å². The summed E-state index contributed by atoms with van der Waals surface area (Å²) in [6, 6.07) is 0.765. The Labute approximate surface area is 115 Å². The van der Waals surface area contributed by atoms with Gasteiger partial charge in [0, 0.05) is 12.6 Å². The van der Waals surface area contributed by atoms with Crippen LogP contribution in [0.4, 0.5) is 0 Å². The Morgan fingerprint density at radius 1 is 1.06 bits per heavy atom. The number of nitrogens with zero attached hydrogens (tertiary/aromatic N) is 1. The van der Waals surface area contributed by atoms with E-state index in [9.17, 15) is 0 Å². The van der Waals surface area contributed by atoms with Crippen molar-refractivity contribution in [1.29, 1.82) is 0 Å². The van der Waals surface area contributed by atoms with E-state index < -0.39 is 0 Å². The highest BCUT2D eigenvalue weighted by Crippen LogP contribution is 2.38. The maximum Gasteiger partial charge on any atom is 0.0220 e. The fourth-order valence-corrected chi connectivity index (χ4v) is 3.38. The average Bonchev–Trinajstić information content (AvgIpc) is 2.43. The van der Waals surface area contributed by atoms with Crippen molar-refractivity contribution in [3.8, 4) is 0 Å². The maximum atomic E-state index is 3.54. The minimum Gasteiger partial charge on any atom is -0.315 e. The maximum absolute atomic E-state index is 3.54. The van der Waals surface area contributed by atoms with E-state index in [0.29, 0.717) is 5.41 Å². The zero-order chi connectivity index (χ0) is 13.4. The summed E-state index contributed by atoms with van der Waals surface area (Å²) in [5.74, 6) is 0. The number of hydrogen-bond donors (Lipinski definition) is 1. The molecule has 18 heavy (non-hydrogen) atoms. The lowest BCUT2D eigenvalue weighted by Gasteiger charge is -2.44. The first kappa shape index (κ1) is 16.0. The van der Waals surface area contributed by atoms with Crippen molar-refractivity contribution in [2.45, 2.75) is 72.3 Å². The number of piperidine rings is 1. The lowest BCUT2D eigenvalue weighted by Crippen LogP contribution is -2.48. The molecule has 0 aliphatic carbocycles. The Bertz CT molecular complexity index is 201. The van der Waals surface area contributed by atoms with Crippen molar-refractivity contribution >= 4 is 0 Å². The number of hydrogen-bond acceptors (Lipinski definition) is 2. The predicted molar refractivity (Wildman–Crippen MR) is 81.1 cm³/mol. The van der Waals surface area contributed by atoms with Crippen molar-refractivity contribution in [2.24, 2.45) is 5.41 Å². The molecular formula is C16H34N2. The molecule has 1 unspecified atom stereocenters. The molecule has 1 N–H and O–H groups in total. The standard InChI is InChI=1S/C16H34N2/c1-5-9-15(14-17-8-4)18-12-10-16(6-2,7-3)11-13-18/h15,17H,5-14H2,1-4H3. The van der Waals surface area contributed by atoms with Crippen LogP contribution in [0.5, 0.6) is 0 Å². The summed E-state index contributed by atoms with van der Waals surface area (Å²) in [5, 5.41) is 3.54. The smallest absolute Gasteiger partial charge is 0.0220 e. The molecule has 1 atom stereocenters. The summed E-state index contributed by atoms with van der Waals surface area (Å²) in [6.45, 7) is 14.2. The molecule has 0 aromatic heterocycles. The molecule has 0 aromatic carbocycles. The number of rotatable bonds is 8. The summed E-state index contributed by atoms with van der Waals surface area (Å²) < 4.78 is 0. The minimum atomic E-state index is 0.658. The van der Waals surface area contributed by atoms with Gasteiger partial charge < -0.3 is 5.32 Å². The predicted octanol–water partition coefficient (Wildman–Crippen LogP) is 3.67. The van der Waals surface area contributed by atoms with Gasteiger partial charge >= 0.3 is 0 Å². The first-order chi connectivity index (χ1) is 8.71. The van der Waals surface area contributed by atoms with Gasteiger partial charge in [0.1, 0.15) is 0 Å². The fourth-order valence-electron chi connectivity index (χ4n) is 3.38. The van der Waals surface area contributed by atoms with Crippen LogP contribution in [0.3, 0.4) is 0 Å². The molecule has 1 saturated heterocycles. The number of likely N-dealkylation sites (N-methyl/N-ethyl adjacent to an activating group) is 1. The van der Waals surface area contributed by atoms with Gasteiger partial charge in [-0.25, -0.2) is 0 Å². The van der Waals surface area contributed by atoms with E-state index in [-0.39, 0.29) is 0 Å². The van der Waals surface area contributed by atoms with Gasteiger partial charge in [0.15, 0.2) is 0 Å². The number of nitrogens with one attached hydrogen (secondary N) is 1. The molecule has 1 fully saturated rings. The van der Waals surface area contributed by atoms with Crippen molar-refractivity contribution < 1.29 is 0 Å². The SMILES string of the molecule is CCCC(CNCC)N1CCC(CC)(CC)CC1. The zero-order valence-corrected chi connectivity index (χ0v) is 13.1. The molecule has 2 nitrogen and oxygen atoms in total. The normalized spacial score (nSPS) is 22.0. The molecule has 108 valence electrons. The molecule has 1 aliphatic heterocycles. The lowest BCUT2D eigenvalue weighted by atomic mass is 9.74. The third-order valence-electron chi connectivity index (χ3n) is 5.13. The minimum absolute atomic E-state index is 0.658. The number of likely N-dealkylation sites (tertiary alicyclic amines) is 1. The van der Waals surface area contributed by atoms with Crippen LogP contribution < -0.4 is 5.32 Å². The highest BCUT2D eigenvalue weighted by Gasteiger charge is 2.33. The average molecular weight is 254 g/mol. The summed E-state index contributed by atoms with van der Waals surface area (Å²) in [4.78, 5) is 2.75. The second-order valence-electron chi connectivity index (χ2n) is 5.99. The van der Waals surface area contributed by atoms with E-state index in [1.54, 1.807) is 0 Å². The van der Waals surface area contributed by atoms with E-state index in [4.69, 9.17) is 0 Å². The molecule has 1 rings (SSSR count). The van der Waals surface area contributed by atoms with Crippen molar-refractivity contribution in [2.75, 3.05) is 26.2 Å². The van der Waals surface area contributed by atoms with Crippen molar-refractivity contribution in [3.63, 3.8) is 0 Å². The summed E-state index contributed by atoms with van der Waals surface area (Å²) in [6.07, 6.45) is 8.20. The van der Waals surface area contributed by atoms with Gasteiger partial charge in [-0.2, -0.15) is 0 Å². The van der Waals surface area contributed by atoms with Gasteiger partial charge in [0.25, 0.3) is 0 Å². The van der Waals surface area contributed by atoms with Crippen LogP contribution in [-0.2, 0) is 0 Å². The van der Waals surface area contributed by atoms with E-state index in [0.717, 1.165) is 12.6 Å². The van der Waals surface area contributed by atoms with E-state index in [1.165, 1.54) is 58.2 Å². The van der Waals surface area contributed by atoms with Crippen LogP contribution in [0, 0.1) is 5.41 Å². The Kier molecular flexibility index (Phi) is 7.25. The molecule has 1 heterocycles. The van der Waals surface area contributed by atoms with Gasteiger partial charge in [-0.1, -0.05) is 47.0 Å². The lowest BCUT2D eigenvalue weighted by molar-refractivity contribution is 0.0627. The van der Waals surface area contributed by atoms with Crippen LogP contribution in [0.25, 0.3) is 0 Å². The summed E-state index contributed by atoms with van der Waals surface area (Å²) in [7, 11) is 0. The molecule has 1 aliphatic rings. The molecule has 2 heteroatoms. The Balaban J connectivity index is 2.47. The quantitative estimate of drug-likeness (QED) is 0.711. The van der Waals surface area contributed by atoms with Crippen molar-refractivity contribution in [1.82, 2.24) is 10.2 Å². The zero-order valence-electron chi connectivity index (χ0n) is 13.1. The summed E-state index contributed by atoms with van der Waals surface area (Å²) >= 11 is 0. The Morgan fingerprint density at radius 2 is 1.67 bits per heavy atom. The molecule has 0 amide bonds. The van der Waals surface area contributed by atoms with Gasteiger partial charge in [-0.05, 0) is 44.3 Å². The van der Waals surface area contributed by atoms with E-state index in [2.05, 4.69) is 37.9 Å². The van der Waals surface area contributed by atoms with Gasteiger partial charge in [0.05, 0.1) is 0 Å². The highest BCUT2D eigenvalue weighted by atomic mass is 15.2. The topological polar surface area (TPSA) is 15.3 Å². The highest BCUT2D eigenvalue weighted by molar-refractivity contribution is 4.87. The molecule has 0 spiro atoms. The monoisotopic (exact) mass is 254 g/mol. The Hall–Kier alpha value is -0.0800. The molecule has 0 saturated carbocycles.